The molecule has 1 saturated carbocycles. The van der Waals surface area contributed by atoms with E-state index in [4.69, 9.17) is 10.00 Å². The second-order valence-corrected chi connectivity index (χ2v) is 4.79. The van der Waals surface area contributed by atoms with Crippen molar-refractivity contribution in [2.45, 2.75) is 38.7 Å². The molecule has 0 aliphatic heterocycles. The van der Waals surface area contributed by atoms with Crippen LogP contribution in [0.15, 0.2) is 24.3 Å². The van der Waals surface area contributed by atoms with Gasteiger partial charge in [-0.2, -0.15) is 5.26 Å². The number of benzene rings is 1. The lowest BCUT2D eigenvalue weighted by atomic mass is 9.90. The van der Waals surface area contributed by atoms with Crippen molar-refractivity contribution in [1.82, 2.24) is 0 Å². The van der Waals surface area contributed by atoms with Gasteiger partial charge in [0.1, 0.15) is 0 Å². The summed E-state index contributed by atoms with van der Waals surface area (Å²) >= 11 is 0. The first-order valence-electron chi connectivity index (χ1n) is 6.46. The zero-order chi connectivity index (χ0) is 11.9. The second kappa shape index (κ2) is 6.42. The van der Waals surface area contributed by atoms with Gasteiger partial charge in [0.2, 0.25) is 0 Å². The molecule has 0 N–H and O–H groups in total. The molecule has 17 heavy (non-hydrogen) atoms. The van der Waals surface area contributed by atoms with Crippen LogP contribution in [0, 0.1) is 17.2 Å². The molecule has 1 aliphatic carbocycles. The molecule has 0 radical (unpaired) electrons. The maximum absolute atomic E-state index is 8.96. The summed E-state index contributed by atoms with van der Waals surface area (Å²) in [5.74, 6) is 0.734. The number of ether oxygens (including phenoxy) is 1. The maximum atomic E-state index is 8.96. The van der Waals surface area contributed by atoms with Crippen molar-refractivity contribution < 1.29 is 4.74 Å². The number of hydrogen-bond donors (Lipinski definition) is 0. The van der Waals surface area contributed by atoms with Crippen molar-refractivity contribution >= 4 is 0 Å². The molecule has 2 heteroatoms. The molecule has 0 amide bonds. The van der Waals surface area contributed by atoms with E-state index >= 15 is 0 Å². The zero-order valence-corrected chi connectivity index (χ0v) is 10.2. The van der Waals surface area contributed by atoms with E-state index in [9.17, 15) is 0 Å². The first-order valence-corrected chi connectivity index (χ1v) is 6.46. The Morgan fingerprint density at radius 1 is 1.18 bits per heavy atom. The van der Waals surface area contributed by atoms with Gasteiger partial charge in [0.15, 0.2) is 0 Å². The third kappa shape index (κ3) is 3.57. The van der Waals surface area contributed by atoms with Crippen LogP contribution in [0.2, 0.25) is 0 Å². The lowest BCUT2D eigenvalue weighted by Gasteiger charge is -2.21. The normalized spacial score (nSPS) is 16.6. The van der Waals surface area contributed by atoms with E-state index in [0.29, 0.717) is 6.61 Å². The molecule has 1 aliphatic rings. The van der Waals surface area contributed by atoms with Gasteiger partial charge in [0, 0.05) is 6.61 Å². The molecule has 0 aromatic heterocycles. The predicted molar refractivity (Wildman–Crippen MR) is 67.4 cm³/mol. The number of nitriles is 1. The topological polar surface area (TPSA) is 33.0 Å². The number of rotatable bonds is 4. The fourth-order valence-electron chi connectivity index (χ4n) is 2.44. The summed E-state index contributed by atoms with van der Waals surface area (Å²) in [6.45, 7) is 1.42. The van der Waals surface area contributed by atoms with E-state index in [-0.39, 0.29) is 0 Å². The van der Waals surface area contributed by atoms with Crippen molar-refractivity contribution in [2.75, 3.05) is 6.61 Å². The highest BCUT2D eigenvalue weighted by atomic mass is 16.5. The quantitative estimate of drug-likeness (QED) is 0.789. The van der Waals surface area contributed by atoms with Crippen LogP contribution in [0.4, 0.5) is 0 Å². The van der Waals surface area contributed by atoms with E-state index in [1.807, 2.05) is 24.3 Å². The van der Waals surface area contributed by atoms with Gasteiger partial charge in [-0.3, -0.25) is 0 Å². The van der Waals surface area contributed by atoms with E-state index < -0.39 is 0 Å². The summed E-state index contributed by atoms with van der Waals surface area (Å²) in [6.07, 6.45) is 6.69. The van der Waals surface area contributed by atoms with Crippen molar-refractivity contribution in [3.8, 4) is 6.07 Å². The molecule has 0 bridgehead atoms. The Morgan fingerprint density at radius 2 is 1.94 bits per heavy atom. The van der Waals surface area contributed by atoms with Crippen LogP contribution in [0.5, 0.6) is 0 Å². The molecule has 1 aromatic rings. The average Bonchev–Trinajstić information content (AvgIpc) is 2.40. The van der Waals surface area contributed by atoms with Crippen molar-refractivity contribution in [3.05, 3.63) is 35.4 Å². The molecule has 2 nitrogen and oxygen atoms in total. The van der Waals surface area contributed by atoms with Gasteiger partial charge in [-0.15, -0.1) is 0 Å². The predicted octanol–water partition coefficient (Wildman–Crippen LogP) is 3.66. The van der Waals surface area contributed by atoms with Gasteiger partial charge in [-0.1, -0.05) is 37.5 Å². The molecular weight excluding hydrogens is 210 g/mol. The minimum absolute atomic E-state index is 0.570. The van der Waals surface area contributed by atoms with E-state index in [0.717, 1.165) is 23.7 Å². The third-order valence-corrected chi connectivity index (χ3v) is 3.47. The van der Waals surface area contributed by atoms with Crippen LogP contribution in [-0.2, 0) is 11.3 Å². The summed E-state index contributed by atoms with van der Waals surface area (Å²) < 4.78 is 5.75. The summed E-state index contributed by atoms with van der Waals surface area (Å²) in [6, 6.07) is 9.87. The van der Waals surface area contributed by atoms with Gasteiger partial charge in [0.05, 0.1) is 18.2 Å². The van der Waals surface area contributed by atoms with Crippen LogP contribution in [-0.4, -0.2) is 6.61 Å². The first kappa shape index (κ1) is 12.1. The molecular formula is C15H19NO. The molecule has 0 saturated heterocycles. The van der Waals surface area contributed by atoms with Crippen LogP contribution in [0.1, 0.15) is 43.2 Å². The molecule has 0 heterocycles. The number of nitrogens with zero attached hydrogens (tertiary/aromatic N) is 1. The molecule has 0 unspecified atom stereocenters. The first-order chi connectivity index (χ1) is 8.40. The zero-order valence-electron chi connectivity index (χ0n) is 10.2. The van der Waals surface area contributed by atoms with Crippen molar-refractivity contribution in [2.24, 2.45) is 5.92 Å². The van der Waals surface area contributed by atoms with E-state index in [2.05, 4.69) is 6.07 Å². The third-order valence-electron chi connectivity index (χ3n) is 3.47. The summed E-state index contributed by atoms with van der Waals surface area (Å²) in [5, 5.41) is 8.96. The Hall–Kier alpha value is -1.33. The fraction of sp³-hybridized carbons (Fsp3) is 0.533. The second-order valence-electron chi connectivity index (χ2n) is 4.79. The lowest BCUT2D eigenvalue weighted by Crippen LogP contribution is -2.13. The monoisotopic (exact) mass is 229 g/mol. The Kier molecular flexibility index (Phi) is 4.58. The van der Waals surface area contributed by atoms with Gasteiger partial charge in [-0.25, -0.2) is 0 Å². The highest BCUT2D eigenvalue weighted by Crippen LogP contribution is 2.24. The van der Waals surface area contributed by atoms with Crippen molar-refractivity contribution in [1.29, 1.82) is 5.26 Å². The molecule has 0 atom stereocenters. The van der Waals surface area contributed by atoms with Crippen LogP contribution >= 0.6 is 0 Å². The van der Waals surface area contributed by atoms with Crippen LogP contribution in [0.25, 0.3) is 0 Å². The Morgan fingerprint density at radius 3 is 2.71 bits per heavy atom. The Bertz CT molecular complexity index is 388. The molecule has 1 fully saturated rings. The minimum Gasteiger partial charge on any atom is -0.376 e. The molecule has 90 valence electrons. The standard InChI is InChI=1S/C15H19NO/c16-10-14-8-4-5-9-15(14)12-17-11-13-6-2-1-3-7-13/h4-5,8-9,13H,1-3,6-7,11-12H2. The van der Waals surface area contributed by atoms with Gasteiger partial charge >= 0.3 is 0 Å². The highest BCUT2D eigenvalue weighted by molar-refractivity contribution is 5.36. The van der Waals surface area contributed by atoms with Crippen molar-refractivity contribution in [3.63, 3.8) is 0 Å². The minimum atomic E-state index is 0.570. The molecule has 1 aromatic carbocycles. The fourth-order valence-corrected chi connectivity index (χ4v) is 2.44. The smallest absolute Gasteiger partial charge is 0.0995 e. The SMILES string of the molecule is N#Cc1ccccc1COCC1CCCCC1. The average molecular weight is 229 g/mol. The highest BCUT2D eigenvalue weighted by Gasteiger charge is 2.13. The number of hydrogen-bond acceptors (Lipinski definition) is 2. The van der Waals surface area contributed by atoms with Crippen LogP contribution < -0.4 is 0 Å². The van der Waals surface area contributed by atoms with Gasteiger partial charge in [-0.05, 0) is 30.4 Å². The van der Waals surface area contributed by atoms with E-state index in [1.54, 1.807) is 0 Å². The van der Waals surface area contributed by atoms with Gasteiger partial charge < -0.3 is 4.74 Å². The van der Waals surface area contributed by atoms with Gasteiger partial charge in [0.25, 0.3) is 0 Å². The summed E-state index contributed by atoms with van der Waals surface area (Å²) in [7, 11) is 0. The largest absolute Gasteiger partial charge is 0.376 e. The molecule has 0 spiro atoms. The summed E-state index contributed by atoms with van der Waals surface area (Å²) in [5.41, 5.74) is 1.74. The van der Waals surface area contributed by atoms with E-state index in [1.165, 1.54) is 32.1 Å². The Balaban J connectivity index is 1.79. The maximum Gasteiger partial charge on any atom is 0.0995 e. The lowest BCUT2D eigenvalue weighted by molar-refractivity contribution is 0.0738. The molecule has 2 rings (SSSR count). The Labute approximate surface area is 103 Å². The summed E-state index contributed by atoms with van der Waals surface area (Å²) in [4.78, 5) is 0. The van der Waals surface area contributed by atoms with Crippen LogP contribution in [0.3, 0.4) is 0 Å².